The fourth-order valence-corrected chi connectivity index (χ4v) is 1.58. The molecule has 10 heavy (non-hydrogen) atoms. The Bertz CT molecular complexity index is 200. The molecule has 0 spiro atoms. The fraction of sp³-hybridized carbons (Fsp3) is 0.500. The molecule has 3 N–H and O–H groups in total. The van der Waals surface area contributed by atoms with Gasteiger partial charge >= 0.3 is 0 Å². The number of nitrogen functional groups attached to an aromatic ring is 1. The molecule has 0 saturated carbocycles. The summed E-state index contributed by atoms with van der Waals surface area (Å²) in [5.41, 5.74) is 6.15. The van der Waals surface area contributed by atoms with Gasteiger partial charge in [0.1, 0.15) is 0 Å². The minimum absolute atomic E-state index is 0.00310. The van der Waals surface area contributed by atoms with Gasteiger partial charge in [0.2, 0.25) is 0 Å². The summed E-state index contributed by atoms with van der Waals surface area (Å²) in [6.07, 6.45) is 0.894. The topological polar surface area (TPSA) is 59.1 Å². The molecule has 0 aliphatic carbocycles. The van der Waals surface area contributed by atoms with Crippen molar-refractivity contribution in [2.24, 2.45) is 0 Å². The number of aromatic nitrogens is 1. The number of hydrogen-bond acceptors (Lipinski definition) is 4. The highest BCUT2D eigenvalue weighted by molar-refractivity contribution is 7.15. The Morgan fingerprint density at radius 3 is 2.80 bits per heavy atom. The number of nitrogens with zero attached hydrogens (tertiary/aromatic N) is 1. The molecule has 0 atom stereocenters. The van der Waals surface area contributed by atoms with Crippen LogP contribution in [0.1, 0.15) is 17.5 Å². The quantitative estimate of drug-likeness (QED) is 0.668. The zero-order valence-electron chi connectivity index (χ0n) is 5.79. The van der Waals surface area contributed by atoms with E-state index in [1.807, 2.05) is 6.92 Å². The standard InChI is InChI=1S/C6H10N2OS/c1-2-5-4(3-9)8-6(7)10-5/h9H,2-3H2,1H3,(H2,7,8). The Labute approximate surface area is 63.5 Å². The van der Waals surface area contributed by atoms with Gasteiger partial charge in [-0.3, -0.25) is 0 Å². The van der Waals surface area contributed by atoms with E-state index in [-0.39, 0.29) is 6.61 Å². The lowest BCUT2D eigenvalue weighted by atomic mass is 10.3. The van der Waals surface area contributed by atoms with Gasteiger partial charge < -0.3 is 10.8 Å². The molecule has 0 unspecified atom stereocenters. The molecule has 56 valence electrons. The second-order valence-electron chi connectivity index (χ2n) is 1.93. The van der Waals surface area contributed by atoms with Gasteiger partial charge in [0.25, 0.3) is 0 Å². The van der Waals surface area contributed by atoms with Gasteiger partial charge in [-0.25, -0.2) is 4.98 Å². The molecule has 1 rings (SSSR count). The van der Waals surface area contributed by atoms with E-state index in [1.54, 1.807) is 0 Å². The van der Waals surface area contributed by atoms with Crippen LogP contribution in [0.5, 0.6) is 0 Å². The van der Waals surface area contributed by atoms with Crippen LogP contribution in [0.2, 0.25) is 0 Å². The zero-order chi connectivity index (χ0) is 7.56. The molecule has 1 aromatic rings. The number of anilines is 1. The predicted octanol–water partition coefficient (Wildman–Crippen LogP) is 0.780. The number of hydrogen-bond donors (Lipinski definition) is 2. The van der Waals surface area contributed by atoms with Crippen LogP contribution in [0.25, 0.3) is 0 Å². The van der Waals surface area contributed by atoms with E-state index in [1.165, 1.54) is 11.3 Å². The number of aliphatic hydroxyl groups is 1. The first kappa shape index (κ1) is 7.50. The number of aliphatic hydroxyl groups excluding tert-OH is 1. The van der Waals surface area contributed by atoms with Crippen LogP contribution >= 0.6 is 11.3 Å². The van der Waals surface area contributed by atoms with Crippen LogP contribution in [0.3, 0.4) is 0 Å². The Hall–Kier alpha value is -0.610. The molecule has 1 heterocycles. The van der Waals surface area contributed by atoms with Crippen LogP contribution < -0.4 is 5.73 Å². The molecule has 1 aromatic heterocycles. The lowest BCUT2D eigenvalue weighted by Gasteiger charge is -1.90. The molecule has 0 aromatic carbocycles. The summed E-state index contributed by atoms with van der Waals surface area (Å²) in [5, 5.41) is 9.29. The third kappa shape index (κ3) is 1.27. The molecule has 3 nitrogen and oxygen atoms in total. The average Bonchev–Trinajstić information content (AvgIpc) is 2.30. The summed E-state index contributed by atoms with van der Waals surface area (Å²) in [7, 11) is 0. The largest absolute Gasteiger partial charge is 0.390 e. The Morgan fingerprint density at radius 2 is 2.40 bits per heavy atom. The predicted molar refractivity (Wildman–Crippen MR) is 41.8 cm³/mol. The Morgan fingerprint density at radius 1 is 1.70 bits per heavy atom. The van der Waals surface area contributed by atoms with Crippen molar-refractivity contribution in [2.75, 3.05) is 5.73 Å². The lowest BCUT2D eigenvalue weighted by Crippen LogP contribution is -1.88. The van der Waals surface area contributed by atoms with Crippen molar-refractivity contribution in [1.29, 1.82) is 0 Å². The first-order valence-corrected chi connectivity index (χ1v) is 3.94. The normalized spacial score (nSPS) is 10.2. The van der Waals surface area contributed by atoms with E-state index in [0.717, 1.165) is 17.0 Å². The molecular weight excluding hydrogens is 148 g/mol. The average molecular weight is 158 g/mol. The second kappa shape index (κ2) is 2.98. The highest BCUT2D eigenvalue weighted by atomic mass is 32.1. The molecular formula is C6H10N2OS. The van der Waals surface area contributed by atoms with Gasteiger partial charge in [-0.2, -0.15) is 0 Å². The van der Waals surface area contributed by atoms with Gasteiger partial charge in [0.05, 0.1) is 12.3 Å². The molecule has 0 aliphatic heterocycles. The van der Waals surface area contributed by atoms with Crippen molar-refractivity contribution in [2.45, 2.75) is 20.0 Å². The van der Waals surface area contributed by atoms with E-state index in [0.29, 0.717) is 5.13 Å². The SMILES string of the molecule is CCc1sc(N)nc1CO. The van der Waals surface area contributed by atoms with Crippen LogP contribution in [-0.4, -0.2) is 10.1 Å². The molecule has 0 aliphatic rings. The summed E-state index contributed by atoms with van der Waals surface area (Å²) in [6.45, 7) is 2.02. The summed E-state index contributed by atoms with van der Waals surface area (Å²) in [6, 6.07) is 0. The highest BCUT2D eigenvalue weighted by Gasteiger charge is 2.04. The zero-order valence-corrected chi connectivity index (χ0v) is 6.61. The molecule has 4 heteroatoms. The van der Waals surface area contributed by atoms with E-state index in [9.17, 15) is 0 Å². The maximum absolute atomic E-state index is 8.75. The lowest BCUT2D eigenvalue weighted by molar-refractivity contribution is 0.276. The first-order valence-electron chi connectivity index (χ1n) is 3.12. The van der Waals surface area contributed by atoms with Crippen LogP contribution in [0.4, 0.5) is 5.13 Å². The van der Waals surface area contributed by atoms with Crippen molar-refractivity contribution in [3.8, 4) is 0 Å². The molecule has 0 amide bonds. The van der Waals surface area contributed by atoms with E-state index >= 15 is 0 Å². The number of nitrogens with two attached hydrogens (primary N) is 1. The van der Waals surface area contributed by atoms with Crippen molar-refractivity contribution in [3.63, 3.8) is 0 Å². The van der Waals surface area contributed by atoms with Crippen molar-refractivity contribution >= 4 is 16.5 Å². The van der Waals surface area contributed by atoms with E-state index in [4.69, 9.17) is 10.8 Å². The maximum Gasteiger partial charge on any atom is 0.180 e. The smallest absolute Gasteiger partial charge is 0.180 e. The third-order valence-corrected chi connectivity index (χ3v) is 2.34. The van der Waals surface area contributed by atoms with Crippen molar-refractivity contribution in [1.82, 2.24) is 4.98 Å². The van der Waals surface area contributed by atoms with E-state index in [2.05, 4.69) is 4.98 Å². The highest BCUT2D eigenvalue weighted by Crippen LogP contribution is 2.20. The summed E-state index contributed by atoms with van der Waals surface area (Å²) in [5.74, 6) is 0. The fourth-order valence-electron chi connectivity index (χ4n) is 0.803. The minimum Gasteiger partial charge on any atom is -0.390 e. The Kier molecular flexibility index (Phi) is 2.24. The summed E-state index contributed by atoms with van der Waals surface area (Å²) >= 11 is 1.45. The van der Waals surface area contributed by atoms with Gasteiger partial charge in [-0.15, -0.1) is 11.3 Å². The number of aryl methyl sites for hydroxylation is 1. The first-order chi connectivity index (χ1) is 4.77. The van der Waals surface area contributed by atoms with Crippen LogP contribution in [0.15, 0.2) is 0 Å². The molecule has 0 radical (unpaired) electrons. The van der Waals surface area contributed by atoms with Gasteiger partial charge in [-0.1, -0.05) is 6.92 Å². The van der Waals surface area contributed by atoms with Crippen molar-refractivity contribution in [3.05, 3.63) is 10.6 Å². The van der Waals surface area contributed by atoms with Crippen molar-refractivity contribution < 1.29 is 5.11 Å². The number of thiazole rings is 1. The maximum atomic E-state index is 8.75. The van der Waals surface area contributed by atoms with E-state index < -0.39 is 0 Å². The Balaban J connectivity index is 2.96. The molecule has 0 fully saturated rings. The minimum atomic E-state index is -0.00310. The molecule has 0 saturated heterocycles. The van der Waals surface area contributed by atoms with Gasteiger partial charge in [-0.05, 0) is 6.42 Å². The molecule has 0 bridgehead atoms. The van der Waals surface area contributed by atoms with Crippen LogP contribution in [-0.2, 0) is 13.0 Å². The summed E-state index contributed by atoms with van der Waals surface area (Å²) < 4.78 is 0. The summed E-state index contributed by atoms with van der Waals surface area (Å²) in [4.78, 5) is 5.03. The van der Waals surface area contributed by atoms with Gasteiger partial charge in [0, 0.05) is 4.88 Å². The van der Waals surface area contributed by atoms with Crippen LogP contribution in [0, 0.1) is 0 Å². The monoisotopic (exact) mass is 158 g/mol. The third-order valence-electron chi connectivity index (χ3n) is 1.27. The number of rotatable bonds is 2. The second-order valence-corrected chi connectivity index (χ2v) is 3.05. The van der Waals surface area contributed by atoms with Gasteiger partial charge in [0.15, 0.2) is 5.13 Å².